The fourth-order valence-electron chi connectivity index (χ4n) is 2.08. The highest BCUT2D eigenvalue weighted by atomic mass is 32.1. The molecule has 1 unspecified atom stereocenters. The molecule has 100 valence electrons. The van der Waals surface area contributed by atoms with Crippen molar-refractivity contribution in [2.45, 2.75) is 20.3 Å². The van der Waals surface area contributed by atoms with Gasteiger partial charge in [-0.2, -0.15) is 5.10 Å². The van der Waals surface area contributed by atoms with E-state index in [0.717, 1.165) is 16.8 Å². The number of hydrogen-bond acceptors (Lipinski definition) is 3. The van der Waals surface area contributed by atoms with Gasteiger partial charge in [-0.3, -0.25) is 9.59 Å². The van der Waals surface area contributed by atoms with Crippen molar-refractivity contribution < 1.29 is 9.59 Å². The summed E-state index contributed by atoms with van der Waals surface area (Å²) < 4.78 is 0. The summed E-state index contributed by atoms with van der Waals surface area (Å²) in [6.07, 6.45) is 0.390. The van der Waals surface area contributed by atoms with Gasteiger partial charge in [-0.1, -0.05) is 31.7 Å². The zero-order chi connectivity index (χ0) is 14.0. The molecule has 1 heterocycles. The summed E-state index contributed by atoms with van der Waals surface area (Å²) >= 11 is 3.73. The molecule has 0 aromatic heterocycles. The first-order valence-corrected chi connectivity index (χ1v) is 6.39. The second kappa shape index (κ2) is 5.44. The van der Waals surface area contributed by atoms with Gasteiger partial charge in [-0.15, -0.1) is 0 Å². The molecule has 1 aromatic carbocycles. The summed E-state index contributed by atoms with van der Waals surface area (Å²) in [4.78, 5) is 22.4. The second-order valence-electron chi connectivity index (χ2n) is 4.62. The molecule has 0 bridgehead atoms. The summed E-state index contributed by atoms with van der Waals surface area (Å²) in [6, 6.07) is 5.69. The Hall–Kier alpha value is -1.82. The average Bonchev–Trinajstić information content (AvgIpc) is 2.30. The zero-order valence-electron chi connectivity index (χ0n) is 10.7. The number of aryl methyl sites for hydroxylation is 1. The normalized spacial score (nSPS) is 18.6. The van der Waals surface area contributed by atoms with E-state index in [1.807, 2.05) is 32.0 Å². The quantitative estimate of drug-likeness (QED) is 0.726. The van der Waals surface area contributed by atoms with Gasteiger partial charge in [0.25, 0.3) is 5.24 Å². The zero-order valence-corrected chi connectivity index (χ0v) is 11.6. The minimum absolute atomic E-state index is 0.00651. The van der Waals surface area contributed by atoms with Crippen LogP contribution in [0.1, 0.15) is 24.5 Å². The fourth-order valence-corrected chi connectivity index (χ4v) is 2.20. The van der Waals surface area contributed by atoms with Crippen LogP contribution < -0.4 is 10.7 Å². The van der Waals surface area contributed by atoms with Crippen molar-refractivity contribution >= 4 is 35.2 Å². The summed E-state index contributed by atoms with van der Waals surface area (Å²) in [7, 11) is 0. The molecule has 0 spiro atoms. The lowest BCUT2D eigenvalue weighted by molar-refractivity contribution is -0.121. The third-order valence-electron chi connectivity index (χ3n) is 2.95. The Balaban J connectivity index is 2.44. The van der Waals surface area contributed by atoms with E-state index < -0.39 is 5.24 Å². The van der Waals surface area contributed by atoms with Crippen molar-refractivity contribution in [2.75, 3.05) is 5.32 Å². The van der Waals surface area contributed by atoms with Gasteiger partial charge in [0.2, 0.25) is 5.91 Å². The van der Waals surface area contributed by atoms with Crippen molar-refractivity contribution in [3.8, 4) is 0 Å². The number of thiol groups is 1. The molecule has 0 aliphatic carbocycles. The second-order valence-corrected chi connectivity index (χ2v) is 5.02. The smallest absolute Gasteiger partial charge is 0.280 e. The predicted molar refractivity (Wildman–Crippen MR) is 77.6 cm³/mol. The molecule has 6 heteroatoms. The van der Waals surface area contributed by atoms with Crippen molar-refractivity contribution in [1.29, 1.82) is 0 Å². The van der Waals surface area contributed by atoms with Crippen molar-refractivity contribution in [3.05, 3.63) is 29.3 Å². The van der Waals surface area contributed by atoms with Crippen LogP contribution in [0.3, 0.4) is 0 Å². The van der Waals surface area contributed by atoms with E-state index in [1.54, 1.807) is 0 Å². The molecule has 0 radical (unpaired) electrons. The predicted octanol–water partition coefficient (Wildman–Crippen LogP) is 2.32. The van der Waals surface area contributed by atoms with Crippen LogP contribution in [0, 0.1) is 12.8 Å². The minimum atomic E-state index is -0.431. The number of anilines is 1. The lowest BCUT2D eigenvalue weighted by Gasteiger charge is -2.21. The molecule has 2 N–H and O–H groups in total. The number of carbonyl (C=O) groups excluding carboxylic acids is 2. The number of nitrogens with zero attached hydrogens (tertiary/aromatic N) is 1. The Bertz CT molecular complexity index is 569. The largest absolute Gasteiger partial charge is 0.316 e. The topological polar surface area (TPSA) is 70.6 Å². The Morgan fingerprint density at radius 2 is 2.26 bits per heavy atom. The molecule has 1 aliphatic heterocycles. The highest BCUT2D eigenvalue weighted by molar-refractivity contribution is 7.96. The van der Waals surface area contributed by atoms with Crippen molar-refractivity contribution in [2.24, 2.45) is 11.0 Å². The molecule has 1 aromatic rings. The fraction of sp³-hybridized carbons (Fsp3) is 0.308. The van der Waals surface area contributed by atoms with Gasteiger partial charge in [0.1, 0.15) is 0 Å². The number of carbonyl (C=O) groups is 2. The first-order chi connectivity index (χ1) is 8.97. The van der Waals surface area contributed by atoms with E-state index in [0.29, 0.717) is 12.1 Å². The van der Waals surface area contributed by atoms with Gasteiger partial charge in [0.05, 0.1) is 11.4 Å². The highest BCUT2D eigenvalue weighted by Crippen LogP contribution is 2.24. The van der Waals surface area contributed by atoms with E-state index in [2.05, 4.69) is 28.5 Å². The van der Waals surface area contributed by atoms with E-state index in [4.69, 9.17) is 0 Å². The Morgan fingerprint density at radius 1 is 1.53 bits per heavy atom. The number of benzene rings is 1. The molecule has 2 amide bonds. The molecule has 1 aliphatic rings. The SMILES string of the molecule is Cc1ccc(C2=NNC(=O)CC2C)c(NC(=O)S)c1. The molecule has 1 atom stereocenters. The van der Waals surface area contributed by atoms with Crippen LogP contribution in [-0.4, -0.2) is 16.9 Å². The van der Waals surface area contributed by atoms with Gasteiger partial charge < -0.3 is 5.32 Å². The monoisotopic (exact) mass is 277 g/mol. The summed E-state index contributed by atoms with van der Waals surface area (Å²) in [6.45, 7) is 3.87. The van der Waals surface area contributed by atoms with Crippen LogP contribution in [0.2, 0.25) is 0 Å². The maximum atomic E-state index is 11.3. The Labute approximate surface area is 116 Å². The number of rotatable bonds is 2. The molecule has 0 fully saturated rings. The molecule has 0 saturated carbocycles. The Morgan fingerprint density at radius 3 is 2.89 bits per heavy atom. The van der Waals surface area contributed by atoms with Gasteiger partial charge in [-0.05, 0) is 18.6 Å². The van der Waals surface area contributed by atoms with Crippen LogP contribution in [0.25, 0.3) is 0 Å². The number of hydrogen-bond donors (Lipinski definition) is 3. The molecular weight excluding hydrogens is 262 g/mol. The lowest BCUT2D eigenvalue weighted by Crippen LogP contribution is -2.32. The van der Waals surface area contributed by atoms with E-state index in [-0.39, 0.29) is 11.8 Å². The summed E-state index contributed by atoms with van der Waals surface area (Å²) in [5, 5.41) is 6.34. The standard InChI is InChI=1S/C13H15N3O2S/c1-7-3-4-9(10(5-7)14-13(18)19)12-8(2)6-11(17)15-16-12/h3-5,8H,6H2,1-2H3,(H,15,17)(H2,14,18,19). The van der Waals surface area contributed by atoms with Crippen LogP contribution >= 0.6 is 12.6 Å². The third kappa shape index (κ3) is 3.14. The van der Waals surface area contributed by atoms with Gasteiger partial charge >= 0.3 is 0 Å². The molecule has 0 saturated heterocycles. The summed E-state index contributed by atoms with van der Waals surface area (Å²) in [5.74, 6) is -0.0878. The highest BCUT2D eigenvalue weighted by Gasteiger charge is 2.23. The summed E-state index contributed by atoms with van der Waals surface area (Å²) in [5.41, 5.74) is 5.72. The van der Waals surface area contributed by atoms with Crippen molar-refractivity contribution in [3.63, 3.8) is 0 Å². The maximum Gasteiger partial charge on any atom is 0.280 e. The van der Waals surface area contributed by atoms with E-state index in [1.165, 1.54) is 0 Å². The molecule has 5 nitrogen and oxygen atoms in total. The molecule has 2 rings (SSSR count). The van der Waals surface area contributed by atoms with E-state index >= 15 is 0 Å². The van der Waals surface area contributed by atoms with Gasteiger partial charge in [0, 0.05) is 17.9 Å². The number of amides is 2. The van der Waals surface area contributed by atoms with Gasteiger partial charge in [0.15, 0.2) is 0 Å². The lowest BCUT2D eigenvalue weighted by atomic mass is 9.92. The third-order valence-corrected chi connectivity index (χ3v) is 3.06. The Kier molecular flexibility index (Phi) is 3.90. The molecule has 19 heavy (non-hydrogen) atoms. The molecular formula is C13H15N3O2S. The van der Waals surface area contributed by atoms with Crippen LogP contribution in [0.4, 0.5) is 10.5 Å². The van der Waals surface area contributed by atoms with E-state index in [9.17, 15) is 9.59 Å². The van der Waals surface area contributed by atoms with Gasteiger partial charge in [-0.25, -0.2) is 5.43 Å². The van der Waals surface area contributed by atoms with Crippen LogP contribution in [-0.2, 0) is 4.79 Å². The minimum Gasteiger partial charge on any atom is -0.316 e. The first kappa shape index (κ1) is 13.6. The number of nitrogens with one attached hydrogen (secondary N) is 2. The van der Waals surface area contributed by atoms with Crippen molar-refractivity contribution in [1.82, 2.24) is 5.43 Å². The van der Waals surface area contributed by atoms with Crippen LogP contribution in [0.5, 0.6) is 0 Å². The number of hydrazone groups is 1. The average molecular weight is 277 g/mol. The van der Waals surface area contributed by atoms with Crippen LogP contribution in [0.15, 0.2) is 23.3 Å². The first-order valence-electron chi connectivity index (χ1n) is 5.94. The maximum absolute atomic E-state index is 11.3.